The van der Waals surface area contributed by atoms with E-state index < -0.39 is 0 Å². The van der Waals surface area contributed by atoms with Crippen LogP contribution in [0.2, 0.25) is 0 Å². The highest BCUT2D eigenvalue weighted by Crippen LogP contribution is 2.11. The molecule has 5 nitrogen and oxygen atoms in total. The zero-order valence-electron chi connectivity index (χ0n) is 12.2. The van der Waals surface area contributed by atoms with Gasteiger partial charge in [0.05, 0.1) is 19.8 Å². The van der Waals surface area contributed by atoms with Gasteiger partial charge in [0.1, 0.15) is 18.2 Å². The number of carbonyl (C=O) groups excluding carboxylic acids is 1. The normalized spacial score (nSPS) is 18.3. The minimum Gasteiger partial charge on any atom is -0.492 e. The summed E-state index contributed by atoms with van der Waals surface area (Å²) >= 11 is 0. The van der Waals surface area contributed by atoms with Crippen LogP contribution in [-0.2, 0) is 9.53 Å². The van der Waals surface area contributed by atoms with Gasteiger partial charge in [-0.05, 0) is 24.3 Å². The van der Waals surface area contributed by atoms with E-state index in [0.29, 0.717) is 38.5 Å². The average Bonchev–Trinajstić information content (AvgIpc) is 2.50. The molecule has 0 aromatic heterocycles. The lowest BCUT2D eigenvalue weighted by Crippen LogP contribution is -2.45. The summed E-state index contributed by atoms with van der Waals surface area (Å²) < 4.78 is 23.5. The summed E-state index contributed by atoms with van der Waals surface area (Å²) in [5.74, 6) is 0.358. The molecule has 1 unspecified atom stereocenters. The van der Waals surface area contributed by atoms with Gasteiger partial charge in [0.2, 0.25) is 5.91 Å². The van der Waals surface area contributed by atoms with E-state index >= 15 is 0 Å². The van der Waals surface area contributed by atoms with Crippen LogP contribution in [0.1, 0.15) is 6.42 Å². The molecule has 2 rings (SSSR count). The maximum Gasteiger partial charge on any atom is 0.224 e. The molecule has 6 heteroatoms. The Kier molecular flexibility index (Phi) is 5.95. The number of likely N-dealkylation sites (N-methyl/N-ethyl adjacent to an activating group) is 1. The summed E-state index contributed by atoms with van der Waals surface area (Å²) in [5.41, 5.74) is 0. The molecule has 116 valence electrons. The summed E-state index contributed by atoms with van der Waals surface area (Å²) in [5, 5.41) is 3.25. The highest BCUT2D eigenvalue weighted by atomic mass is 19.1. The highest BCUT2D eigenvalue weighted by Gasteiger charge is 2.19. The van der Waals surface area contributed by atoms with Gasteiger partial charge in [-0.2, -0.15) is 0 Å². The summed E-state index contributed by atoms with van der Waals surface area (Å²) in [6.07, 6.45) is 0.424. The first-order valence-corrected chi connectivity index (χ1v) is 7.08. The standard InChI is InChI=1S/C15H21FN2O3/c1-18(15(19)10-13-11-20-8-6-17-13)7-9-21-14-4-2-12(16)3-5-14/h2-5,13,17H,6-11H2,1H3. The second-order valence-corrected chi connectivity index (χ2v) is 5.05. The molecule has 1 fully saturated rings. The van der Waals surface area contributed by atoms with E-state index in [0.717, 1.165) is 6.54 Å². The van der Waals surface area contributed by atoms with Gasteiger partial charge in [0.25, 0.3) is 0 Å². The van der Waals surface area contributed by atoms with Gasteiger partial charge in [-0.1, -0.05) is 0 Å². The zero-order valence-corrected chi connectivity index (χ0v) is 12.2. The average molecular weight is 296 g/mol. The molecule has 0 bridgehead atoms. The van der Waals surface area contributed by atoms with Gasteiger partial charge in [-0.3, -0.25) is 4.79 Å². The predicted molar refractivity (Wildman–Crippen MR) is 76.8 cm³/mol. The van der Waals surface area contributed by atoms with E-state index in [-0.39, 0.29) is 17.8 Å². The summed E-state index contributed by atoms with van der Waals surface area (Å²) in [7, 11) is 1.75. The summed E-state index contributed by atoms with van der Waals surface area (Å²) in [6, 6.07) is 5.92. The molecule has 0 aliphatic carbocycles. The molecule has 0 saturated carbocycles. The van der Waals surface area contributed by atoms with Crippen molar-refractivity contribution >= 4 is 5.91 Å². The lowest BCUT2D eigenvalue weighted by Gasteiger charge is -2.25. The molecular weight excluding hydrogens is 275 g/mol. The van der Waals surface area contributed by atoms with Crippen LogP contribution in [0.5, 0.6) is 5.75 Å². The maximum absolute atomic E-state index is 12.7. The van der Waals surface area contributed by atoms with Gasteiger partial charge in [0, 0.05) is 26.1 Å². The minimum atomic E-state index is -0.295. The van der Waals surface area contributed by atoms with E-state index in [1.165, 1.54) is 12.1 Å². The van der Waals surface area contributed by atoms with Crippen molar-refractivity contribution in [2.24, 2.45) is 0 Å². The van der Waals surface area contributed by atoms with Gasteiger partial charge in [0.15, 0.2) is 0 Å². The van der Waals surface area contributed by atoms with Crippen LogP contribution >= 0.6 is 0 Å². The third-order valence-corrected chi connectivity index (χ3v) is 3.35. The molecule has 0 spiro atoms. The van der Waals surface area contributed by atoms with Gasteiger partial charge in [-0.15, -0.1) is 0 Å². The third-order valence-electron chi connectivity index (χ3n) is 3.35. The fourth-order valence-electron chi connectivity index (χ4n) is 2.07. The molecule has 1 aromatic carbocycles. The van der Waals surface area contributed by atoms with E-state index in [1.807, 2.05) is 0 Å². The molecule has 1 saturated heterocycles. The topological polar surface area (TPSA) is 50.8 Å². The van der Waals surface area contributed by atoms with Crippen LogP contribution in [0, 0.1) is 5.82 Å². The number of morpholine rings is 1. The molecule has 1 heterocycles. The van der Waals surface area contributed by atoms with Crippen molar-refractivity contribution in [2.45, 2.75) is 12.5 Å². The second kappa shape index (κ2) is 7.95. The molecule has 1 aliphatic heterocycles. The van der Waals surface area contributed by atoms with Crippen LogP contribution in [0.3, 0.4) is 0 Å². The van der Waals surface area contributed by atoms with E-state index in [2.05, 4.69) is 5.32 Å². The lowest BCUT2D eigenvalue weighted by molar-refractivity contribution is -0.131. The number of amides is 1. The van der Waals surface area contributed by atoms with Crippen molar-refractivity contribution in [2.75, 3.05) is 40.0 Å². The Morgan fingerprint density at radius 3 is 2.90 bits per heavy atom. The molecular formula is C15H21FN2O3. The molecule has 1 N–H and O–H groups in total. The molecule has 1 aromatic rings. The van der Waals surface area contributed by atoms with Crippen molar-refractivity contribution in [3.63, 3.8) is 0 Å². The Morgan fingerprint density at radius 2 is 2.24 bits per heavy atom. The Bertz CT molecular complexity index is 447. The Balaban J connectivity index is 1.67. The van der Waals surface area contributed by atoms with Crippen molar-refractivity contribution in [3.8, 4) is 5.75 Å². The first kappa shape index (κ1) is 15.7. The molecule has 1 amide bonds. The van der Waals surface area contributed by atoms with E-state index in [4.69, 9.17) is 9.47 Å². The number of nitrogens with zero attached hydrogens (tertiary/aromatic N) is 1. The molecule has 0 radical (unpaired) electrons. The smallest absolute Gasteiger partial charge is 0.224 e. The third kappa shape index (κ3) is 5.32. The van der Waals surface area contributed by atoms with Gasteiger partial charge in [-0.25, -0.2) is 4.39 Å². The first-order chi connectivity index (χ1) is 10.1. The van der Waals surface area contributed by atoms with Crippen molar-refractivity contribution in [1.29, 1.82) is 0 Å². The molecule has 1 aliphatic rings. The van der Waals surface area contributed by atoms with E-state index in [9.17, 15) is 9.18 Å². The van der Waals surface area contributed by atoms with Gasteiger partial charge < -0.3 is 19.7 Å². The fourth-order valence-corrected chi connectivity index (χ4v) is 2.07. The number of ether oxygens (including phenoxy) is 2. The number of rotatable bonds is 6. The Labute approximate surface area is 124 Å². The number of benzene rings is 1. The van der Waals surface area contributed by atoms with Crippen molar-refractivity contribution in [1.82, 2.24) is 10.2 Å². The SMILES string of the molecule is CN(CCOc1ccc(F)cc1)C(=O)CC1COCCN1. The monoisotopic (exact) mass is 296 g/mol. The number of hydrogen-bond donors (Lipinski definition) is 1. The second-order valence-electron chi connectivity index (χ2n) is 5.05. The molecule has 21 heavy (non-hydrogen) atoms. The quantitative estimate of drug-likeness (QED) is 0.852. The minimum absolute atomic E-state index is 0.0562. The van der Waals surface area contributed by atoms with E-state index in [1.54, 1.807) is 24.1 Å². The Hall–Kier alpha value is -1.66. The van der Waals surface area contributed by atoms with Crippen molar-refractivity contribution < 1.29 is 18.7 Å². The van der Waals surface area contributed by atoms with Crippen LogP contribution in [0.25, 0.3) is 0 Å². The van der Waals surface area contributed by atoms with Crippen molar-refractivity contribution in [3.05, 3.63) is 30.1 Å². The lowest BCUT2D eigenvalue weighted by atomic mass is 10.2. The fraction of sp³-hybridized carbons (Fsp3) is 0.533. The number of halogens is 1. The Morgan fingerprint density at radius 1 is 1.48 bits per heavy atom. The van der Waals surface area contributed by atoms with Crippen LogP contribution < -0.4 is 10.1 Å². The summed E-state index contributed by atoms with van der Waals surface area (Å²) in [4.78, 5) is 13.7. The number of nitrogens with one attached hydrogen (secondary N) is 1. The number of carbonyl (C=O) groups is 1. The van der Waals surface area contributed by atoms with Gasteiger partial charge >= 0.3 is 0 Å². The maximum atomic E-state index is 12.7. The largest absolute Gasteiger partial charge is 0.492 e. The van der Waals surface area contributed by atoms with Crippen LogP contribution in [-0.4, -0.2) is 56.8 Å². The highest BCUT2D eigenvalue weighted by molar-refractivity contribution is 5.76. The first-order valence-electron chi connectivity index (χ1n) is 7.08. The summed E-state index contributed by atoms with van der Waals surface area (Å²) in [6.45, 7) is 2.93. The van der Waals surface area contributed by atoms with Crippen LogP contribution in [0.15, 0.2) is 24.3 Å². The molecule has 1 atom stereocenters. The number of hydrogen-bond acceptors (Lipinski definition) is 4. The van der Waals surface area contributed by atoms with Crippen LogP contribution in [0.4, 0.5) is 4.39 Å². The predicted octanol–water partition coefficient (Wildman–Crippen LogP) is 1.04. The zero-order chi connectivity index (χ0) is 15.1.